The summed E-state index contributed by atoms with van der Waals surface area (Å²) in [5, 5.41) is 42.0. The van der Waals surface area contributed by atoms with E-state index < -0.39 is 91.4 Å². The molecular formula is C18H28N4O11S. The number of aliphatic carboxylic acids is 4. The summed E-state index contributed by atoms with van der Waals surface area (Å²) in [4.78, 5) is 81.1. The van der Waals surface area contributed by atoms with Gasteiger partial charge in [-0.05, 0) is 24.9 Å². The molecule has 15 nitrogen and oxygen atoms in total. The van der Waals surface area contributed by atoms with E-state index in [1.807, 2.05) is 5.32 Å². The van der Waals surface area contributed by atoms with Crippen LogP contribution in [0.15, 0.2) is 0 Å². The van der Waals surface area contributed by atoms with Gasteiger partial charge in [0.2, 0.25) is 17.7 Å². The summed E-state index contributed by atoms with van der Waals surface area (Å²) in [7, 11) is 0. The maximum atomic E-state index is 12.8. The van der Waals surface area contributed by atoms with Crippen LogP contribution in [0.2, 0.25) is 0 Å². The van der Waals surface area contributed by atoms with Gasteiger partial charge in [0, 0.05) is 6.42 Å². The molecule has 0 spiro atoms. The second-order valence-corrected chi connectivity index (χ2v) is 8.02. The third-order valence-corrected chi connectivity index (χ3v) is 4.89. The van der Waals surface area contributed by atoms with Crippen LogP contribution >= 0.6 is 11.8 Å². The average Bonchev–Trinajstić information content (AvgIpc) is 2.71. The van der Waals surface area contributed by atoms with Gasteiger partial charge in [0.05, 0.1) is 18.9 Å². The number of carboxylic acid groups (broad SMARTS) is 4. The van der Waals surface area contributed by atoms with Gasteiger partial charge >= 0.3 is 23.9 Å². The Balaban J connectivity index is 5.56. The normalized spacial score (nSPS) is 14.1. The number of carboxylic acids is 4. The molecule has 4 unspecified atom stereocenters. The largest absolute Gasteiger partial charge is 0.481 e. The van der Waals surface area contributed by atoms with Gasteiger partial charge < -0.3 is 42.1 Å². The maximum absolute atomic E-state index is 12.8. The van der Waals surface area contributed by atoms with Crippen molar-refractivity contribution in [1.82, 2.24) is 16.0 Å². The molecule has 0 saturated heterocycles. The third kappa shape index (κ3) is 12.6. The minimum atomic E-state index is -1.84. The molecule has 0 aromatic heterocycles. The zero-order valence-corrected chi connectivity index (χ0v) is 19.0. The summed E-state index contributed by atoms with van der Waals surface area (Å²) in [6.07, 6.45) is -0.970. The molecule has 0 bridgehead atoms. The van der Waals surface area contributed by atoms with Crippen LogP contribution < -0.4 is 21.7 Å². The molecule has 0 aliphatic carbocycles. The molecule has 0 saturated carbocycles. The summed E-state index contributed by atoms with van der Waals surface area (Å²) in [5.41, 5.74) is 5.49. The number of hydrogen-bond acceptors (Lipinski definition) is 9. The van der Waals surface area contributed by atoms with Gasteiger partial charge in [-0.3, -0.25) is 28.8 Å². The molecule has 0 rings (SSSR count). The van der Waals surface area contributed by atoms with Crippen LogP contribution in [0.4, 0.5) is 0 Å². The lowest BCUT2D eigenvalue weighted by atomic mass is 10.1. The van der Waals surface area contributed by atoms with Gasteiger partial charge in [0.25, 0.3) is 0 Å². The molecule has 0 radical (unpaired) electrons. The smallest absolute Gasteiger partial charge is 0.326 e. The van der Waals surface area contributed by atoms with E-state index in [1.54, 1.807) is 6.26 Å². The van der Waals surface area contributed by atoms with Gasteiger partial charge in [-0.1, -0.05) is 0 Å². The van der Waals surface area contributed by atoms with Crippen LogP contribution in [0, 0.1) is 0 Å². The lowest BCUT2D eigenvalue weighted by Crippen LogP contribution is -2.57. The number of nitrogens with one attached hydrogen (secondary N) is 3. The van der Waals surface area contributed by atoms with Crippen LogP contribution in [0.1, 0.15) is 32.1 Å². The molecule has 4 atom stereocenters. The van der Waals surface area contributed by atoms with Gasteiger partial charge in [0.1, 0.15) is 18.1 Å². The van der Waals surface area contributed by atoms with Crippen molar-refractivity contribution >= 4 is 53.4 Å². The summed E-state index contributed by atoms with van der Waals surface area (Å²) in [6.45, 7) is 0. The predicted molar refractivity (Wildman–Crippen MR) is 116 cm³/mol. The molecule has 0 aliphatic heterocycles. The summed E-state index contributed by atoms with van der Waals surface area (Å²) < 4.78 is 0. The predicted octanol–water partition coefficient (Wildman–Crippen LogP) is -2.58. The number of carbonyl (C=O) groups excluding carboxylic acids is 3. The highest BCUT2D eigenvalue weighted by Gasteiger charge is 2.31. The SMILES string of the molecule is CSCCC(NC(=O)C(N)CC(=O)O)C(=O)NC(CCC(=O)O)C(=O)NC(CC(=O)O)C(=O)O. The lowest BCUT2D eigenvalue weighted by molar-refractivity contribution is -0.147. The fraction of sp³-hybridized carbons (Fsp3) is 0.611. The Morgan fingerprint density at radius 2 is 1.18 bits per heavy atom. The van der Waals surface area contributed by atoms with Crippen LogP contribution in [-0.4, -0.2) is 98.2 Å². The summed E-state index contributed by atoms with van der Waals surface area (Å²) >= 11 is 1.32. The average molecular weight is 509 g/mol. The fourth-order valence-corrected chi connectivity index (χ4v) is 2.99. The zero-order chi connectivity index (χ0) is 26.4. The lowest BCUT2D eigenvalue weighted by Gasteiger charge is -2.24. The van der Waals surface area contributed by atoms with Gasteiger partial charge in [0.15, 0.2) is 0 Å². The van der Waals surface area contributed by atoms with Crippen molar-refractivity contribution in [3.8, 4) is 0 Å². The minimum absolute atomic E-state index is 0.0442. The van der Waals surface area contributed by atoms with Crippen molar-refractivity contribution < 1.29 is 54.0 Å². The second kappa shape index (κ2) is 15.4. The molecule has 16 heteroatoms. The quantitative estimate of drug-likeness (QED) is 0.100. The Morgan fingerprint density at radius 3 is 1.62 bits per heavy atom. The number of carbonyl (C=O) groups is 7. The van der Waals surface area contributed by atoms with Crippen molar-refractivity contribution in [3.63, 3.8) is 0 Å². The molecule has 0 fully saturated rings. The van der Waals surface area contributed by atoms with Crippen LogP contribution in [0.3, 0.4) is 0 Å². The Hall–Kier alpha value is -3.40. The van der Waals surface area contributed by atoms with E-state index in [0.29, 0.717) is 5.75 Å². The Morgan fingerprint density at radius 1 is 0.706 bits per heavy atom. The van der Waals surface area contributed by atoms with Gasteiger partial charge in [-0.2, -0.15) is 11.8 Å². The van der Waals surface area contributed by atoms with Crippen molar-refractivity contribution in [2.24, 2.45) is 5.73 Å². The molecule has 0 aromatic rings. The van der Waals surface area contributed by atoms with Gasteiger partial charge in [-0.15, -0.1) is 0 Å². The number of thioether (sulfide) groups is 1. The molecule has 3 amide bonds. The highest BCUT2D eigenvalue weighted by atomic mass is 32.2. The van der Waals surface area contributed by atoms with Crippen LogP contribution in [0.25, 0.3) is 0 Å². The molecule has 0 aliphatic rings. The number of hydrogen-bond donors (Lipinski definition) is 8. The van der Waals surface area contributed by atoms with E-state index in [1.165, 1.54) is 11.8 Å². The zero-order valence-electron chi connectivity index (χ0n) is 18.2. The van der Waals surface area contributed by atoms with E-state index in [4.69, 9.17) is 26.2 Å². The van der Waals surface area contributed by atoms with E-state index >= 15 is 0 Å². The number of rotatable bonds is 17. The first-order valence-corrected chi connectivity index (χ1v) is 11.2. The highest BCUT2D eigenvalue weighted by Crippen LogP contribution is 2.06. The minimum Gasteiger partial charge on any atom is -0.481 e. The van der Waals surface area contributed by atoms with Crippen molar-refractivity contribution in [3.05, 3.63) is 0 Å². The highest BCUT2D eigenvalue weighted by molar-refractivity contribution is 7.98. The number of amides is 3. The van der Waals surface area contributed by atoms with Crippen molar-refractivity contribution in [1.29, 1.82) is 0 Å². The second-order valence-electron chi connectivity index (χ2n) is 7.04. The molecule has 192 valence electrons. The fourth-order valence-electron chi connectivity index (χ4n) is 2.52. The van der Waals surface area contributed by atoms with Crippen molar-refractivity contribution in [2.45, 2.75) is 56.3 Å². The van der Waals surface area contributed by atoms with Crippen LogP contribution in [-0.2, 0) is 33.6 Å². The summed E-state index contributed by atoms with van der Waals surface area (Å²) in [5.74, 6) is -8.48. The molecule has 9 N–H and O–H groups in total. The van der Waals surface area contributed by atoms with E-state index in [-0.39, 0.29) is 6.42 Å². The maximum Gasteiger partial charge on any atom is 0.326 e. The van der Waals surface area contributed by atoms with Gasteiger partial charge in [-0.25, -0.2) is 4.79 Å². The first-order chi connectivity index (χ1) is 15.8. The van der Waals surface area contributed by atoms with E-state index in [0.717, 1.165) is 0 Å². The standard InChI is InChI=1S/C18H28N4O11S/c1-34-5-4-10(20-15(29)8(19)6-13(25)26)17(31)21-9(2-3-12(23)24)16(30)22-11(18(32)33)7-14(27)28/h8-11H,2-7,19H2,1H3,(H,20,29)(H,21,31)(H,22,30)(H,23,24)(H,25,26)(H,27,28)(H,32,33). The first kappa shape index (κ1) is 30.6. The molecular weight excluding hydrogens is 480 g/mol. The topological polar surface area (TPSA) is 263 Å². The van der Waals surface area contributed by atoms with Crippen molar-refractivity contribution in [2.75, 3.05) is 12.0 Å². The first-order valence-electron chi connectivity index (χ1n) is 9.82. The monoisotopic (exact) mass is 508 g/mol. The summed E-state index contributed by atoms with van der Waals surface area (Å²) in [6, 6.07) is -6.13. The molecule has 0 heterocycles. The Bertz CT molecular complexity index is 792. The van der Waals surface area contributed by atoms with Crippen LogP contribution in [0.5, 0.6) is 0 Å². The third-order valence-electron chi connectivity index (χ3n) is 4.25. The Labute approximate surface area is 197 Å². The van der Waals surface area contributed by atoms with E-state index in [2.05, 4.69) is 10.6 Å². The van der Waals surface area contributed by atoms with E-state index in [9.17, 15) is 33.6 Å². The molecule has 34 heavy (non-hydrogen) atoms. The number of nitrogens with two attached hydrogens (primary N) is 1. The Kier molecular flexibility index (Phi) is 13.9. The molecule has 0 aromatic carbocycles.